The van der Waals surface area contributed by atoms with Gasteiger partial charge in [-0.15, -0.1) is 0 Å². The van der Waals surface area contributed by atoms with Crippen molar-refractivity contribution in [2.75, 3.05) is 0 Å². The number of aromatic nitrogens is 1. The zero-order valence-electron chi connectivity index (χ0n) is 14.1. The Balaban J connectivity index is 2.29. The Hall–Kier alpha value is -2.75. The van der Waals surface area contributed by atoms with Crippen molar-refractivity contribution in [1.29, 1.82) is 0 Å². The van der Waals surface area contributed by atoms with E-state index in [0.717, 1.165) is 16.6 Å². The average molecular weight is 323 g/mol. The van der Waals surface area contributed by atoms with Crippen LogP contribution >= 0.6 is 0 Å². The van der Waals surface area contributed by atoms with E-state index in [-0.39, 0.29) is 17.6 Å². The number of hydrogen-bond acceptors (Lipinski definition) is 3. The van der Waals surface area contributed by atoms with E-state index in [9.17, 15) is 9.90 Å². The van der Waals surface area contributed by atoms with Gasteiger partial charge in [0.25, 0.3) is 0 Å². The maximum Gasteiger partial charge on any atom is 0.308 e. The van der Waals surface area contributed by atoms with E-state index < -0.39 is 0 Å². The van der Waals surface area contributed by atoms with Crippen LogP contribution in [0.5, 0.6) is 11.5 Å². The van der Waals surface area contributed by atoms with Gasteiger partial charge in [0, 0.05) is 18.9 Å². The highest BCUT2D eigenvalue weighted by Crippen LogP contribution is 2.41. The summed E-state index contributed by atoms with van der Waals surface area (Å²) in [6.07, 6.45) is 0. The number of carbonyl (C=O) groups excluding carboxylic acids is 1. The van der Waals surface area contributed by atoms with Crippen molar-refractivity contribution >= 4 is 16.9 Å². The second-order valence-corrected chi connectivity index (χ2v) is 6.21. The minimum atomic E-state index is -0.362. The number of para-hydroxylation sites is 1. The molecule has 0 saturated carbocycles. The van der Waals surface area contributed by atoms with Gasteiger partial charge in [-0.1, -0.05) is 50.2 Å². The van der Waals surface area contributed by atoms with Crippen LogP contribution in [0.1, 0.15) is 37.9 Å². The summed E-state index contributed by atoms with van der Waals surface area (Å²) in [6, 6.07) is 15.3. The fourth-order valence-electron chi connectivity index (χ4n) is 3.13. The lowest BCUT2D eigenvalue weighted by Gasteiger charge is -2.15. The smallest absolute Gasteiger partial charge is 0.308 e. The molecule has 24 heavy (non-hydrogen) atoms. The molecule has 0 spiro atoms. The fourth-order valence-corrected chi connectivity index (χ4v) is 3.13. The molecule has 1 heterocycles. The quantitative estimate of drug-likeness (QED) is 0.722. The predicted octanol–water partition coefficient (Wildman–Crippen LogP) is 4.44. The summed E-state index contributed by atoms with van der Waals surface area (Å²) in [6.45, 7) is 6.11. The van der Waals surface area contributed by atoms with Gasteiger partial charge in [0.1, 0.15) is 5.75 Å². The SMILES string of the molecule is CC(=O)Oc1c(C(C)C)n(Cc2ccccc2)c2c(O)cccc12. The second kappa shape index (κ2) is 6.40. The van der Waals surface area contributed by atoms with Crippen LogP contribution in [0.25, 0.3) is 10.9 Å². The summed E-state index contributed by atoms with van der Waals surface area (Å²) in [5, 5.41) is 11.2. The van der Waals surface area contributed by atoms with E-state index in [1.165, 1.54) is 6.92 Å². The molecule has 0 bridgehead atoms. The highest BCUT2D eigenvalue weighted by Gasteiger charge is 2.24. The van der Waals surface area contributed by atoms with Gasteiger partial charge >= 0.3 is 5.97 Å². The number of hydrogen-bond donors (Lipinski definition) is 1. The Morgan fingerprint density at radius 3 is 2.46 bits per heavy atom. The van der Waals surface area contributed by atoms with Crippen molar-refractivity contribution in [2.45, 2.75) is 33.2 Å². The maximum atomic E-state index is 11.6. The van der Waals surface area contributed by atoms with E-state index in [0.29, 0.717) is 17.8 Å². The number of ether oxygens (including phenoxy) is 1. The van der Waals surface area contributed by atoms with Crippen molar-refractivity contribution in [3.63, 3.8) is 0 Å². The number of nitrogens with zero attached hydrogens (tertiary/aromatic N) is 1. The molecule has 4 heteroatoms. The third-order valence-corrected chi connectivity index (χ3v) is 4.03. The molecule has 124 valence electrons. The molecule has 0 aliphatic carbocycles. The van der Waals surface area contributed by atoms with Crippen molar-refractivity contribution in [1.82, 2.24) is 4.57 Å². The van der Waals surface area contributed by atoms with Crippen LogP contribution in [0.3, 0.4) is 0 Å². The number of fused-ring (bicyclic) bond motifs is 1. The number of benzene rings is 2. The Morgan fingerprint density at radius 1 is 1.12 bits per heavy atom. The zero-order chi connectivity index (χ0) is 17.3. The third kappa shape index (κ3) is 2.87. The molecule has 0 saturated heterocycles. The lowest BCUT2D eigenvalue weighted by Crippen LogP contribution is -2.09. The lowest BCUT2D eigenvalue weighted by atomic mass is 10.1. The number of aromatic hydroxyl groups is 1. The molecule has 0 atom stereocenters. The van der Waals surface area contributed by atoms with Gasteiger partial charge in [-0.25, -0.2) is 0 Å². The molecule has 3 aromatic rings. The Labute approximate surface area is 141 Å². The van der Waals surface area contributed by atoms with E-state index in [1.807, 2.05) is 41.0 Å². The van der Waals surface area contributed by atoms with E-state index in [4.69, 9.17) is 4.74 Å². The number of rotatable bonds is 4. The molecule has 2 aromatic carbocycles. The molecule has 1 aromatic heterocycles. The summed E-state index contributed by atoms with van der Waals surface area (Å²) < 4.78 is 7.57. The molecule has 0 fully saturated rings. The predicted molar refractivity (Wildman–Crippen MR) is 94.5 cm³/mol. The minimum Gasteiger partial charge on any atom is -0.506 e. The molecular formula is C20H21NO3. The van der Waals surface area contributed by atoms with Gasteiger partial charge in [-0.3, -0.25) is 4.79 Å². The van der Waals surface area contributed by atoms with E-state index >= 15 is 0 Å². The van der Waals surface area contributed by atoms with Crippen LogP contribution < -0.4 is 4.74 Å². The minimum absolute atomic E-state index is 0.134. The first-order valence-electron chi connectivity index (χ1n) is 8.05. The molecule has 0 aliphatic rings. The van der Waals surface area contributed by atoms with Gasteiger partial charge in [0.2, 0.25) is 0 Å². The standard InChI is InChI=1S/C20H21NO3/c1-13(2)18-20(24-14(3)22)16-10-7-11-17(23)19(16)21(18)12-15-8-5-4-6-9-15/h4-11,13,23H,12H2,1-3H3. The van der Waals surface area contributed by atoms with Gasteiger partial charge in [-0.2, -0.15) is 0 Å². The number of phenolic OH excluding ortho intramolecular Hbond substituents is 1. The molecule has 0 unspecified atom stereocenters. The molecule has 0 amide bonds. The topological polar surface area (TPSA) is 51.5 Å². The Morgan fingerprint density at radius 2 is 1.83 bits per heavy atom. The largest absolute Gasteiger partial charge is 0.506 e. The summed E-state index contributed by atoms with van der Waals surface area (Å²) >= 11 is 0. The molecule has 3 rings (SSSR count). The first-order chi connectivity index (χ1) is 11.5. The van der Waals surface area contributed by atoms with Crippen molar-refractivity contribution in [3.05, 3.63) is 59.8 Å². The van der Waals surface area contributed by atoms with Crippen LogP contribution in [-0.4, -0.2) is 15.6 Å². The summed E-state index contributed by atoms with van der Waals surface area (Å²) in [4.78, 5) is 11.6. The van der Waals surface area contributed by atoms with Gasteiger partial charge in [0.05, 0.1) is 11.2 Å². The van der Waals surface area contributed by atoms with Crippen LogP contribution in [0.2, 0.25) is 0 Å². The van der Waals surface area contributed by atoms with Crippen LogP contribution in [0.4, 0.5) is 0 Å². The van der Waals surface area contributed by atoms with E-state index in [2.05, 4.69) is 13.8 Å². The number of esters is 1. The maximum absolute atomic E-state index is 11.6. The van der Waals surface area contributed by atoms with Crippen LogP contribution in [0.15, 0.2) is 48.5 Å². The summed E-state index contributed by atoms with van der Waals surface area (Å²) in [7, 11) is 0. The average Bonchev–Trinajstić information content (AvgIpc) is 2.83. The number of carbonyl (C=O) groups is 1. The Kier molecular flexibility index (Phi) is 4.30. The van der Waals surface area contributed by atoms with Gasteiger partial charge in [-0.05, 0) is 23.6 Å². The van der Waals surface area contributed by atoms with Crippen molar-refractivity contribution in [2.24, 2.45) is 0 Å². The first-order valence-corrected chi connectivity index (χ1v) is 8.05. The van der Waals surface area contributed by atoms with Crippen molar-refractivity contribution in [3.8, 4) is 11.5 Å². The lowest BCUT2D eigenvalue weighted by molar-refractivity contribution is -0.131. The zero-order valence-corrected chi connectivity index (χ0v) is 14.1. The monoisotopic (exact) mass is 323 g/mol. The molecular weight excluding hydrogens is 302 g/mol. The van der Waals surface area contributed by atoms with Gasteiger partial charge in [0.15, 0.2) is 5.75 Å². The molecule has 0 radical (unpaired) electrons. The fraction of sp³-hybridized carbons (Fsp3) is 0.250. The molecule has 4 nitrogen and oxygen atoms in total. The van der Waals surface area contributed by atoms with Crippen LogP contribution in [0, 0.1) is 0 Å². The number of phenols is 1. The summed E-state index contributed by atoms with van der Waals surface area (Å²) in [5.74, 6) is 0.497. The van der Waals surface area contributed by atoms with E-state index in [1.54, 1.807) is 12.1 Å². The van der Waals surface area contributed by atoms with Crippen LogP contribution in [-0.2, 0) is 11.3 Å². The molecule has 0 aliphatic heterocycles. The van der Waals surface area contributed by atoms with Gasteiger partial charge < -0.3 is 14.4 Å². The highest BCUT2D eigenvalue weighted by atomic mass is 16.5. The van der Waals surface area contributed by atoms with Crippen molar-refractivity contribution < 1.29 is 14.6 Å². The molecule has 1 N–H and O–H groups in total. The Bertz CT molecular complexity index is 879. The third-order valence-electron chi connectivity index (χ3n) is 4.03. The second-order valence-electron chi connectivity index (χ2n) is 6.21. The highest BCUT2D eigenvalue weighted by molar-refractivity contribution is 5.94. The summed E-state index contributed by atoms with van der Waals surface area (Å²) in [5.41, 5.74) is 2.72. The normalized spacial score (nSPS) is 11.2. The first kappa shape index (κ1) is 16.1.